The van der Waals surface area contributed by atoms with Gasteiger partial charge in [-0.3, -0.25) is 0 Å². The Labute approximate surface area is 113 Å². The number of hydrogen-bond donors (Lipinski definition) is 2. The van der Waals surface area contributed by atoms with E-state index in [0.29, 0.717) is 6.54 Å². The fourth-order valence-electron chi connectivity index (χ4n) is 1.83. The number of aliphatic hydroxyl groups is 1. The summed E-state index contributed by atoms with van der Waals surface area (Å²) in [6.07, 6.45) is -0.535. The van der Waals surface area contributed by atoms with E-state index in [0.717, 1.165) is 17.0 Å². The zero-order valence-electron chi connectivity index (χ0n) is 11.3. The maximum absolute atomic E-state index is 10.1. The molecule has 0 unspecified atom stereocenters. The van der Waals surface area contributed by atoms with E-state index >= 15 is 0 Å². The average molecular weight is 257 g/mol. The maximum atomic E-state index is 10.1. The van der Waals surface area contributed by atoms with Gasteiger partial charge in [0.05, 0.1) is 13.2 Å². The predicted octanol–water partition coefficient (Wildman–Crippen LogP) is 3.15. The van der Waals surface area contributed by atoms with E-state index in [-0.39, 0.29) is 0 Å². The van der Waals surface area contributed by atoms with Gasteiger partial charge in [0.25, 0.3) is 0 Å². The molecule has 0 spiro atoms. The molecular formula is C16H19NO2. The van der Waals surface area contributed by atoms with Crippen molar-refractivity contribution in [3.8, 4) is 5.75 Å². The number of ether oxygens (including phenoxy) is 1. The zero-order valence-corrected chi connectivity index (χ0v) is 11.3. The van der Waals surface area contributed by atoms with Gasteiger partial charge in [-0.2, -0.15) is 0 Å². The first kappa shape index (κ1) is 13.4. The van der Waals surface area contributed by atoms with E-state index in [4.69, 9.17) is 4.74 Å². The van der Waals surface area contributed by atoms with Crippen molar-refractivity contribution in [1.82, 2.24) is 0 Å². The quantitative estimate of drug-likeness (QED) is 0.864. The van der Waals surface area contributed by atoms with E-state index in [1.165, 1.54) is 5.56 Å². The molecule has 3 heteroatoms. The van der Waals surface area contributed by atoms with Gasteiger partial charge in [0.1, 0.15) is 5.75 Å². The third-order valence-corrected chi connectivity index (χ3v) is 3.05. The minimum Gasteiger partial charge on any atom is -0.497 e. The Morgan fingerprint density at radius 1 is 1.05 bits per heavy atom. The number of aliphatic hydroxyl groups excluding tert-OH is 1. The number of anilines is 1. The van der Waals surface area contributed by atoms with Crippen LogP contribution in [0.3, 0.4) is 0 Å². The van der Waals surface area contributed by atoms with Crippen molar-refractivity contribution in [2.24, 2.45) is 0 Å². The van der Waals surface area contributed by atoms with Crippen molar-refractivity contribution in [3.05, 3.63) is 59.7 Å². The van der Waals surface area contributed by atoms with Crippen LogP contribution in [0.1, 0.15) is 17.2 Å². The van der Waals surface area contributed by atoms with Crippen LogP contribution in [0.25, 0.3) is 0 Å². The lowest BCUT2D eigenvalue weighted by atomic mass is 10.1. The van der Waals surface area contributed by atoms with E-state index < -0.39 is 6.10 Å². The molecule has 0 aliphatic carbocycles. The first-order chi connectivity index (χ1) is 9.19. The van der Waals surface area contributed by atoms with Gasteiger partial charge in [-0.1, -0.05) is 29.8 Å². The van der Waals surface area contributed by atoms with Crippen molar-refractivity contribution in [2.45, 2.75) is 13.0 Å². The molecule has 0 fully saturated rings. The molecule has 0 radical (unpaired) electrons. The highest BCUT2D eigenvalue weighted by Crippen LogP contribution is 2.18. The van der Waals surface area contributed by atoms with Crippen molar-refractivity contribution >= 4 is 5.69 Å². The molecular weight excluding hydrogens is 238 g/mol. The van der Waals surface area contributed by atoms with Gasteiger partial charge in [0.15, 0.2) is 0 Å². The monoisotopic (exact) mass is 257 g/mol. The average Bonchev–Trinajstić information content (AvgIpc) is 2.46. The molecule has 0 amide bonds. The second kappa shape index (κ2) is 6.25. The summed E-state index contributed by atoms with van der Waals surface area (Å²) in [5.74, 6) is 0.794. The smallest absolute Gasteiger partial charge is 0.118 e. The van der Waals surface area contributed by atoms with E-state index in [1.807, 2.05) is 48.5 Å². The Kier molecular flexibility index (Phi) is 4.42. The molecule has 2 rings (SSSR count). The molecule has 0 aromatic heterocycles. The second-order valence-corrected chi connectivity index (χ2v) is 4.54. The second-order valence-electron chi connectivity index (χ2n) is 4.54. The molecule has 0 aliphatic heterocycles. The summed E-state index contributed by atoms with van der Waals surface area (Å²) < 4.78 is 5.09. The molecule has 100 valence electrons. The Bertz CT molecular complexity index is 505. The van der Waals surface area contributed by atoms with Gasteiger partial charge < -0.3 is 15.2 Å². The Morgan fingerprint density at radius 3 is 2.26 bits per heavy atom. The van der Waals surface area contributed by atoms with E-state index in [1.54, 1.807) is 7.11 Å². The fourth-order valence-corrected chi connectivity index (χ4v) is 1.83. The summed E-state index contributed by atoms with van der Waals surface area (Å²) in [5.41, 5.74) is 3.11. The summed E-state index contributed by atoms with van der Waals surface area (Å²) >= 11 is 0. The number of aryl methyl sites for hydroxylation is 1. The standard InChI is InChI=1S/C16H19NO2/c1-12-3-7-14(8-4-12)17-11-16(18)13-5-9-15(19-2)10-6-13/h3-10,16-18H,11H2,1-2H3/t16-/m0/s1. The van der Waals surface area contributed by atoms with Crippen LogP contribution in [0.5, 0.6) is 5.75 Å². The third-order valence-electron chi connectivity index (χ3n) is 3.05. The highest BCUT2D eigenvalue weighted by molar-refractivity contribution is 5.44. The number of rotatable bonds is 5. The molecule has 2 aromatic rings. The molecule has 0 saturated heterocycles. The summed E-state index contributed by atoms with van der Waals surface area (Å²) in [7, 11) is 1.63. The third kappa shape index (κ3) is 3.73. The van der Waals surface area contributed by atoms with Crippen LogP contribution >= 0.6 is 0 Å². The maximum Gasteiger partial charge on any atom is 0.118 e. The van der Waals surface area contributed by atoms with Crippen molar-refractivity contribution in [1.29, 1.82) is 0 Å². The predicted molar refractivity (Wildman–Crippen MR) is 77.6 cm³/mol. The van der Waals surface area contributed by atoms with Crippen LogP contribution < -0.4 is 10.1 Å². The van der Waals surface area contributed by atoms with Gasteiger partial charge in [0, 0.05) is 12.2 Å². The number of nitrogens with one attached hydrogen (secondary N) is 1. The first-order valence-electron chi connectivity index (χ1n) is 6.31. The highest BCUT2D eigenvalue weighted by atomic mass is 16.5. The van der Waals surface area contributed by atoms with Gasteiger partial charge in [-0.05, 0) is 36.8 Å². The Morgan fingerprint density at radius 2 is 1.68 bits per heavy atom. The summed E-state index contributed by atoms with van der Waals surface area (Å²) in [6.45, 7) is 2.53. The molecule has 2 aromatic carbocycles. The fraction of sp³-hybridized carbons (Fsp3) is 0.250. The van der Waals surface area contributed by atoms with Crippen molar-refractivity contribution < 1.29 is 9.84 Å². The molecule has 0 aliphatic rings. The molecule has 0 saturated carbocycles. The lowest BCUT2D eigenvalue weighted by Gasteiger charge is -2.13. The lowest BCUT2D eigenvalue weighted by molar-refractivity contribution is 0.191. The van der Waals surface area contributed by atoms with Crippen LogP contribution in [0.2, 0.25) is 0 Å². The van der Waals surface area contributed by atoms with Gasteiger partial charge >= 0.3 is 0 Å². The summed E-state index contributed by atoms with van der Waals surface area (Å²) in [5, 5.41) is 13.3. The lowest BCUT2D eigenvalue weighted by Crippen LogP contribution is -2.12. The van der Waals surface area contributed by atoms with Crippen molar-refractivity contribution in [2.75, 3.05) is 19.0 Å². The topological polar surface area (TPSA) is 41.5 Å². The largest absolute Gasteiger partial charge is 0.497 e. The van der Waals surface area contributed by atoms with Crippen molar-refractivity contribution in [3.63, 3.8) is 0 Å². The molecule has 2 N–H and O–H groups in total. The SMILES string of the molecule is COc1ccc([C@@H](O)CNc2ccc(C)cc2)cc1. The molecule has 19 heavy (non-hydrogen) atoms. The zero-order chi connectivity index (χ0) is 13.7. The van der Waals surface area contributed by atoms with Gasteiger partial charge in [0.2, 0.25) is 0 Å². The molecule has 1 atom stereocenters. The van der Waals surface area contributed by atoms with Crippen LogP contribution in [0, 0.1) is 6.92 Å². The summed E-state index contributed by atoms with van der Waals surface area (Å²) in [6, 6.07) is 15.6. The van der Waals surface area contributed by atoms with E-state index in [2.05, 4.69) is 12.2 Å². The van der Waals surface area contributed by atoms with E-state index in [9.17, 15) is 5.11 Å². The van der Waals surface area contributed by atoms with Crippen LogP contribution in [0.15, 0.2) is 48.5 Å². The van der Waals surface area contributed by atoms with Crippen LogP contribution in [-0.2, 0) is 0 Å². The van der Waals surface area contributed by atoms with Crippen LogP contribution in [-0.4, -0.2) is 18.8 Å². The molecule has 3 nitrogen and oxygen atoms in total. The number of benzene rings is 2. The normalized spacial score (nSPS) is 11.9. The number of methoxy groups -OCH3 is 1. The number of hydrogen-bond acceptors (Lipinski definition) is 3. The minimum absolute atomic E-state index is 0.482. The minimum atomic E-state index is -0.535. The van der Waals surface area contributed by atoms with Gasteiger partial charge in [-0.25, -0.2) is 0 Å². The molecule has 0 heterocycles. The van der Waals surface area contributed by atoms with Crippen LogP contribution in [0.4, 0.5) is 5.69 Å². The molecule has 0 bridgehead atoms. The highest BCUT2D eigenvalue weighted by Gasteiger charge is 2.07. The summed E-state index contributed by atoms with van der Waals surface area (Å²) in [4.78, 5) is 0. The Balaban J connectivity index is 1.93. The van der Waals surface area contributed by atoms with Gasteiger partial charge in [-0.15, -0.1) is 0 Å². The Hall–Kier alpha value is -2.00. The first-order valence-corrected chi connectivity index (χ1v) is 6.31.